The average molecular weight is 471 g/mol. The van der Waals surface area contributed by atoms with Crippen LogP contribution in [0.3, 0.4) is 0 Å². The van der Waals surface area contributed by atoms with E-state index in [0.717, 1.165) is 5.69 Å². The number of nitrogens with one attached hydrogen (secondary N) is 1. The van der Waals surface area contributed by atoms with Crippen molar-refractivity contribution >= 4 is 32.7 Å². The summed E-state index contributed by atoms with van der Waals surface area (Å²) in [7, 11) is -2.08. The number of benzene rings is 1. The number of hydrogen-bond acceptors (Lipinski definition) is 8. The second kappa shape index (κ2) is 9.59. The molecular formula is C22H26N6O4S. The largest absolute Gasteiger partial charge is 0.477 e. The van der Waals surface area contributed by atoms with Crippen LogP contribution in [0, 0.1) is 6.92 Å². The van der Waals surface area contributed by atoms with Gasteiger partial charge in [-0.05, 0) is 25.5 Å². The predicted molar refractivity (Wildman–Crippen MR) is 125 cm³/mol. The summed E-state index contributed by atoms with van der Waals surface area (Å²) in [5, 5.41) is 8.01. The smallest absolute Gasteiger partial charge is 0.244 e. The standard InChI is InChI=1S/C22H26N6O4S/c1-4-32-21-18-10-11-28(33(29,30)15-17-8-6-5-7-9-17)20(18)25-22(26-21)24-19-14-23-27(16(19)2)12-13-31-3/h5-11,14H,4,12-13,15H2,1-3H3,(H,24,25,26). The highest BCUT2D eigenvalue weighted by Crippen LogP contribution is 2.29. The molecule has 4 rings (SSSR count). The van der Waals surface area contributed by atoms with Gasteiger partial charge in [-0.25, -0.2) is 12.4 Å². The van der Waals surface area contributed by atoms with Crippen LogP contribution in [0.25, 0.3) is 11.0 Å². The first-order valence-corrected chi connectivity index (χ1v) is 12.1. The van der Waals surface area contributed by atoms with Crippen molar-refractivity contribution in [3.63, 3.8) is 0 Å². The maximum Gasteiger partial charge on any atom is 0.244 e. The number of rotatable bonds is 10. The monoisotopic (exact) mass is 470 g/mol. The molecule has 0 radical (unpaired) electrons. The Kier molecular flexibility index (Phi) is 6.61. The first-order valence-electron chi connectivity index (χ1n) is 10.5. The fourth-order valence-corrected chi connectivity index (χ4v) is 4.84. The Balaban J connectivity index is 1.72. The van der Waals surface area contributed by atoms with Crippen LogP contribution in [0.15, 0.2) is 48.8 Å². The van der Waals surface area contributed by atoms with Gasteiger partial charge in [0, 0.05) is 13.3 Å². The lowest BCUT2D eigenvalue weighted by Gasteiger charge is -2.11. The fourth-order valence-electron chi connectivity index (χ4n) is 3.44. The summed E-state index contributed by atoms with van der Waals surface area (Å²) in [4.78, 5) is 8.98. The van der Waals surface area contributed by atoms with Gasteiger partial charge in [0.15, 0.2) is 5.65 Å². The first-order chi connectivity index (χ1) is 15.9. The third kappa shape index (κ3) is 4.83. The molecular weight excluding hydrogens is 444 g/mol. The number of ether oxygens (including phenoxy) is 2. The molecule has 1 aromatic carbocycles. The van der Waals surface area contributed by atoms with Crippen molar-refractivity contribution in [1.29, 1.82) is 0 Å². The van der Waals surface area contributed by atoms with Crippen molar-refractivity contribution in [3.05, 3.63) is 60.0 Å². The Morgan fingerprint density at radius 1 is 1.12 bits per heavy atom. The molecule has 0 aliphatic rings. The van der Waals surface area contributed by atoms with Gasteiger partial charge in [0.2, 0.25) is 21.9 Å². The molecule has 0 atom stereocenters. The topological polar surface area (TPSA) is 113 Å². The van der Waals surface area contributed by atoms with E-state index in [1.54, 1.807) is 36.2 Å². The van der Waals surface area contributed by atoms with E-state index >= 15 is 0 Å². The molecule has 0 saturated carbocycles. The third-order valence-electron chi connectivity index (χ3n) is 5.11. The second-order valence-corrected chi connectivity index (χ2v) is 9.21. The number of hydrogen-bond donors (Lipinski definition) is 1. The average Bonchev–Trinajstić information content (AvgIpc) is 3.38. The van der Waals surface area contributed by atoms with E-state index < -0.39 is 10.0 Å². The SMILES string of the molecule is CCOc1nc(Nc2cnn(CCOC)c2C)nc2c1ccn2S(=O)(=O)Cc1ccccc1. The van der Waals surface area contributed by atoms with Crippen LogP contribution in [-0.2, 0) is 27.1 Å². The summed E-state index contributed by atoms with van der Waals surface area (Å²) in [6.07, 6.45) is 3.15. The van der Waals surface area contributed by atoms with Crippen molar-refractivity contribution in [2.24, 2.45) is 0 Å². The molecule has 1 N–H and O–H groups in total. The number of aromatic nitrogens is 5. The highest BCUT2D eigenvalue weighted by atomic mass is 32.2. The Bertz CT molecular complexity index is 1350. The number of nitrogens with zero attached hydrogens (tertiary/aromatic N) is 5. The lowest BCUT2D eigenvalue weighted by molar-refractivity contribution is 0.183. The zero-order chi connectivity index (χ0) is 23.4. The maximum atomic E-state index is 13.2. The van der Waals surface area contributed by atoms with E-state index in [-0.39, 0.29) is 17.3 Å². The van der Waals surface area contributed by atoms with E-state index in [0.29, 0.717) is 42.3 Å². The lowest BCUT2D eigenvalue weighted by atomic mass is 10.2. The molecule has 0 saturated heterocycles. The third-order valence-corrected chi connectivity index (χ3v) is 6.70. The summed E-state index contributed by atoms with van der Waals surface area (Å²) in [6, 6.07) is 10.7. The van der Waals surface area contributed by atoms with Crippen LogP contribution < -0.4 is 10.1 Å². The molecule has 0 spiro atoms. The minimum Gasteiger partial charge on any atom is -0.477 e. The summed E-state index contributed by atoms with van der Waals surface area (Å²) in [6.45, 7) is 5.27. The summed E-state index contributed by atoms with van der Waals surface area (Å²) in [5.41, 5.74) is 2.52. The zero-order valence-electron chi connectivity index (χ0n) is 18.7. The van der Waals surface area contributed by atoms with Gasteiger partial charge in [0.25, 0.3) is 0 Å². The normalized spacial score (nSPS) is 11.7. The molecule has 10 nitrogen and oxygen atoms in total. The molecule has 174 valence electrons. The van der Waals surface area contributed by atoms with Gasteiger partial charge in [0.1, 0.15) is 0 Å². The quantitative estimate of drug-likeness (QED) is 0.376. The van der Waals surface area contributed by atoms with E-state index in [4.69, 9.17) is 9.47 Å². The van der Waals surface area contributed by atoms with Crippen LogP contribution in [0.4, 0.5) is 11.6 Å². The highest BCUT2D eigenvalue weighted by molar-refractivity contribution is 7.89. The van der Waals surface area contributed by atoms with Crippen molar-refractivity contribution in [1.82, 2.24) is 23.7 Å². The van der Waals surface area contributed by atoms with Crippen molar-refractivity contribution in [2.45, 2.75) is 26.1 Å². The van der Waals surface area contributed by atoms with E-state index in [2.05, 4.69) is 20.4 Å². The van der Waals surface area contributed by atoms with Gasteiger partial charge in [-0.15, -0.1) is 0 Å². The Hall–Kier alpha value is -3.44. The van der Waals surface area contributed by atoms with Gasteiger partial charge in [-0.2, -0.15) is 15.1 Å². The van der Waals surface area contributed by atoms with Crippen LogP contribution >= 0.6 is 0 Å². The molecule has 0 bridgehead atoms. The minimum absolute atomic E-state index is 0.153. The minimum atomic E-state index is -3.72. The van der Waals surface area contributed by atoms with E-state index in [1.165, 1.54) is 10.2 Å². The molecule has 3 aromatic heterocycles. The molecule has 3 heterocycles. The van der Waals surface area contributed by atoms with Crippen LogP contribution in [0.1, 0.15) is 18.2 Å². The number of anilines is 2. The van der Waals surface area contributed by atoms with Gasteiger partial charge >= 0.3 is 0 Å². The van der Waals surface area contributed by atoms with Gasteiger partial charge < -0.3 is 14.8 Å². The molecule has 0 amide bonds. The molecule has 4 aromatic rings. The summed E-state index contributed by atoms with van der Waals surface area (Å²) in [5.74, 6) is 0.373. The van der Waals surface area contributed by atoms with Crippen LogP contribution in [0.5, 0.6) is 5.88 Å². The van der Waals surface area contributed by atoms with E-state index in [1.807, 2.05) is 32.0 Å². The molecule has 0 aliphatic carbocycles. The summed E-state index contributed by atoms with van der Waals surface area (Å²) >= 11 is 0. The zero-order valence-corrected chi connectivity index (χ0v) is 19.5. The van der Waals surface area contributed by atoms with Crippen molar-refractivity contribution < 1.29 is 17.9 Å². The first kappa shape index (κ1) is 22.7. The van der Waals surface area contributed by atoms with Crippen LogP contribution in [-0.4, -0.2) is 52.5 Å². The van der Waals surface area contributed by atoms with Gasteiger partial charge in [-0.1, -0.05) is 30.3 Å². The molecule has 0 fully saturated rings. The molecule has 11 heteroatoms. The maximum absolute atomic E-state index is 13.2. The number of methoxy groups -OCH3 is 1. The second-order valence-electron chi connectivity index (χ2n) is 7.36. The summed E-state index contributed by atoms with van der Waals surface area (Å²) < 4.78 is 40.2. The van der Waals surface area contributed by atoms with Gasteiger partial charge in [-0.3, -0.25) is 4.68 Å². The van der Waals surface area contributed by atoms with Crippen molar-refractivity contribution in [2.75, 3.05) is 25.6 Å². The predicted octanol–water partition coefficient (Wildman–Crippen LogP) is 3.10. The molecule has 33 heavy (non-hydrogen) atoms. The molecule has 0 aliphatic heterocycles. The Morgan fingerprint density at radius 3 is 2.64 bits per heavy atom. The van der Waals surface area contributed by atoms with Crippen molar-refractivity contribution in [3.8, 4) is 5.88 Å². The lowest BCUT2D eigenvalue weighted by Crippen LogP contribution is -2.15. The fraction of sp³-hybridized carbons (Fsp3) is 0.318. The Labute approximate surface area is 192 Å². The number of fused-ring (bicyclic) bond motifs is 1. The van der Waals surface area contributed by atoms with Gasteiger partial charge in [0.05, 0.1) is 48.5 Å². The van der Waals surface area contributed by atoms with Crippen LogP contribution in [0.2, 0.25) is 0 Å². The molecule has 0 unspecified atom stereocenters. The highest BCUT2D eigenvalue weighted by Gasteiger charge is 2.21. The Morgan fingerprint density at radius 2 is 1.91 bits per heavy atom. The van der Waals surface area contributed by atoms with E-state index in [9.17, 15) is 8.42 Å².